The van der Waals surface area contributed by atoms with Crippen molar-refractivity contribution in [3.8, 4) is 0 Å². The van der Waals surface area contributed by atoms with Gasteiger partial charge < -0.3 is 10.2 Å². The summed E-state index contributed by atoms with van der Waals surface area (Å²) in [5.41, 5.74) is 0.784. The summed E-state index contributed by atoms with van der Waals surface area (Å²) in [7, 11) is 0. The Morgan fingerprint density at radius 3 is 2.67 bits per heavy atom. The maximum atomic E-state index is 13.4. The van der Waals surface area contributed by atoms with E-state index >= 15 is 0 Å². The second kappa shape index (κ2) is 7.66. The standard InChI is InChI=1S/C16H23Cl2FN2/c1-3-6-21-7-4-5-12(10-21)11(2)20-13-8-14(17)16(19)15(18)9-13/h8-9,11-12,20H,3-7,10H2,1-2H3. The summed E-state index contributed by atoms with van der Waals surface area (Å²) in [4.78, 5) is 2.52. The van der Waals surface area contributed by atoms with Gasteiger partial charge >= 0.3 is 0 Å². The van der Waals surface area contributed by atoms with Gasteiger partial charge in [-0.3, -0.25) is 0 Å². The first kappa shape index (κ1) is 16.9. The van der Waals surface area contributed by atoms with E-state index in [0.29, 0.717) is 12.0 Å². The molecule has 0 amide bonds. The first-order valence-electron chi connectivity index (χ1n) is 7.64. The fraction of sp³-hybridized carbons (Fsp3) is 0.625. The number of likely N-dealkylation sites (tertiary alicyclic amines) is 1. The van der Waals surface area contributed by atoms with Crippen LogP contribution >= 0.6 is 23.2 Å². The molecule has 2 rings (SSSR count). The third-order valence-electron chi connectivity index (χ3n) is 4.17. The number of nitrogens with zero attached hydrogens (tertiary/aromatic N) is 1. The van der Waals surface area contributed by atoms with Crippen LogP contribution in [0.4, 0.5) is 10.1 Å². The molecule has 1 heterocycles. The minimum Gasteiger partial charge on any atom is -0.382 e. The van der Waals surface area contributed by atoms with Crippen molar-refractivity contribution >= 4 is 28.9 Å². The quantitative estimate of drug-likeness (QED) is 0.758. The largest absolute Gasteiger partial charge is 0.382 e. The van der Waals surface area contributed by atoms with E-state index in [1.54, 1.807) is 12.1 Å². The van der Waals surface area contributed by atoms with Gasteiger partial charge in [-0.25, -0.2) is 4.39 Å². The molecule has 2 nitrogen and oxygen atoms in total. The molecule has 118 valence electrons. The number of halogens is 3. The van der Waals surface area contributed by atoms with Gasteiger partial charge in [0.05, 0.1) is 10.0 Å². The zero-order valence-electron chi connectivity index (χ0n) is 12.6. The van der Waals surface area contributed by atoms with Crippen LogP contribution in [0.5, 0.6) is 0 Å². The van der Waals surface area contributed by atoms with Gasteiger partial charge in [0, 0.05) is 18.3 Å². The molecule has 0 aliphatic carbocycles. The van der Waals surface area contributed by atoms with E-state index in [2.05, 4.69) is 24.1 Å². The number of anilines is 1. The van der Waals surface area contributed by atoms with Crippen LogP contribution in [0.2, 0.25) is 10.0 Å². The Labute approximate surface area is 136 Å². The molecular formula is C16H23Cl2FN2. The predicted molar refractivity (Wildman–Crippen MR) is 89.0 cm³/mol. The molecule has 0 radical (unpaired) electrons. The van der Waals surface area contributed by atoms with Crippen LogP contribution in [-0.2, 0) is 0 Å². The van der Waals surface area contributed by atoms with Gasteiger partial charge in [0.25, 0.3) is 0 Å². The van der Waals surface area contributed by atoms with Crippen LogP contribution in [0.25, 0.3) is 0 Å². The van der Waals surface area contributed by atoms with Crippen molar-refractivity contribution in [2.45, 2.75) is 39.2 Å². The van der Waals surface area contributed by atoms with Gasteiger partial charge in [-0.1, -0.05) is 30.1 Å². The smallest absolute Gasteiger partial charge is 0.160 e. The summed E-state index contributed by atoms with van der Waals surface area (Å²) < 4.78 is 13.4. The molecule has 1 saturated heterocycles. The number of piperidine rings is 1. The molecular weight excluding hydrogens is 310 g/mol. The SMILES string of the molecule is CCCN1CCCC(C(C)Nc2cc(Cl)c(F)c(Cl)c2)C1. The van der Waals surface area contributed by atoms with E-state index in [-0.39, 0.29) is 10.0 Å². The highest BCUT2D eigenvalue weighted by Gasteiger charge is 2.24. The van der Waals surface area contributed by atoms with Gasteiger partial charge in [0.1, 0.15) is 0 Å². The molecule has 1 N–H and O–H groups in total. The van der Waals surface area contributed by atoms with Gasteiger partial charge in [0.2, 0.25) is 0 Å². The molecule has 0 bridgehead atoms. The number of hydrogen-bond acceptors (Lipinski definition) is 2. The van der Waals surface area contributed by atoms with Crippen molar-refractivity contribution < 1.29 is 4.39 Å². The minimum atomic E-state index is -0.552. The monoisotopic (exact) mass is 332 g/mol. The lowest BCUT2D eigenvalue weighted by Crippen LogP contribution is -2.42. The molecule has 1 fully saturated rings. The average molecular weight is 333 g/mol. The second-order valence-corrected chi connectivity index (χ2v) is 6.70. The number of nitrogens with one attached hydrogen (secondary N) is 1. The summed E-state index contributed by atoms with van der Waals surface area (Å²) in [6.45, 7) is 7.87. The van der Waals surface area contributed by atoms with E-state index in [1.165, 1.54) is 25.8 Å². The highest BCUT2D eigenvalue weighted by molar-refractivity contribution is 6.35. The van der Waals surface area contributed by atoms with Gasteiger partial charge in [0.15, 0.2) is 5.82 Å². The first-order valence-corrected chi connectivity index (χ1v) is 8.40. The van der Waals surface area contributed by atoms with E-state index < -0.39 is 5.82 Å². The first-order chi connectivity index (χ1) is 10.0. The Kier molecular flexibility index (Phi) is 6.15. The van der Waals surface area contributed by atoms with E-state index in [1.807, 2.05) is 0 Å². The minimum absolute atomic E-state index is 0.0634. The van der Waals surface area contributed by atoms with Crippen LogP contribution in [-0.4, -0.2) is 30.6 Å². The van der Waals surface area contributed by atoms with Gasteiger partial charge in [-0.05, 0) is 57.3 Å². The van der Waals surface area contributed by atoms with Crippen molar-refractivity contribution in [1.82, 2.24) is 4.90 Å². The number of hydrogen-bond donors (Lipinski definition) is 1. The van der Waals surface area contributed by atoms with Crippen LogP contribution in [0.1, 0.15) is 33.1 Å². The zero-order chi connectivity index (χ0) is 15.4. The maximum Gasteiger partial charge on any atom is 0.160 e. The van der Waals surface area contributed by atoms with Crippen molar-refractivity contribution in [1.29, 1.82) is 0 Å². The van der Waals surface area contributed by atoms with Gasteiger partial charge in [-0.2, -0.15) is 0 Å². The van der Waals surface area contributed by atoms with Crippen LogP contribution in [0.3, 0.4) is 0 Å². The molecule has 5 heteroatoms. The average Bonchev–Trinajstić information content (AvgIpc) is 2.45. The molecule has 1 aliphatic heterocycles. The fourth-order valence-corrected chi connectivity index (χ4v) is 3.53. The van der Waals surface area contributed by atoms with E-state index in [4.69, 9.17) is 23.2 Å². The molecule has 2 unspecified atom stereocenters. The lowest BCUT2D eigenvalue weighted by Gasteiger charge is -2.36. The Balaban J connectivity index is 1.99. The van der Waals surface area contributed by atoms with Gasteiger partial charge in [-0.15, -0.1) is 0 Å². The Morgan fingerprint density at radius 2 is 2.05 bits per heavy atom. The Hall–Kier alpha value is -0.510. The van der Waals surface area contributed by atoms with Crippen molar-refractivity contribution in [3.63, 3.8) is 0 Å². The third-order valence-corrected chi connectivity index (χ3v) is 4.72. The summed E-state index contributed by atoms with van der Waals surface area (Å²) in [6.07, 6.45) is 3.65. The predicted octanol–water partition coefficient (Wildman–Crippen LogP) is 5.05. The van der Waals surface area contributed by atoms with Crippen molar-refractivity contribution in [2.24, 2.45) is 5.92 Å². The highest BCUT2D eigenvalue weighted by Crippen LogP contribution is 2.29. The molecule has 1 aromatic carbocycles. The highest BCUT2D eigenvalue weighted by atomic mass is 35.5. The van der Waals surface area contributed by atoms with Crippen molar-refractivity contribution in [3.05, 3.63) is 28.0 Å². The topological polar surface area (TPSA) is 15.3 Å². The Morgan fingerprint density at radius 1 is 1.38 bits per heavy atom. The normalized spacial score (nSPS) is 21.3. The summed E-state index contributed by atoms with van der Waals surface area (Å²) in [5.74, 6) is 0.0382. The van der Waals surface area contributed by atoms with Crippen LogP contribution in [0, 0.1) is 11.7 Å². The molecule has 21 heavy (non-hydrogen) atoms. The summed E-state index contributed by atoms with van der Waals surface area (Å²) >= 11 is 11.7. The van der Waals surface area contributed by atoms with E-state index in [9.17, 15) is 4.39 Å². The Bertz CT molecular complexity index is 456. The lowest BCUT2D eigenvalue weighted by atomic mass is 9.91. The molecule has 0 aromatic heterocycles. The molecule has 0 spiro atoms. The molecule has 1 aliphatic rings. The van der Waals surface area contributed by atoms with Crippen LogP contribution < -0.4 is 5.32 Å². The second-order valence-electron chi connectivity index (χ2n) is 5.89. The summed E-state index contributed by atoms with van der Waals surface area (Å²) in [5, 5.41) is 3.55. The number of benzene rings is 1. The molecule has 2 atom stereocenters. The number of rotatable bonds is 5. The zero-order valence-corrected chi connectivity index (χ0v) is 14.1. The third kappa shape index (κ3) is 4.48. The van der Waals surface area contributed by atoms with Crippen molar-refractivity contribution in [2.75, 3.05) is 25.0 Å². The lowest BCUT2D eigenvalue weighted by molar-refractivity contribution is 0.165. The molecule has 1 aromatic rings. The van der Waals surface area contributed by atoms with Crippen LogP contribution in [0.15, 0.2) is 12.1 Å². The summed E-state index contributed by atoms with van der Waals surface area (Å²) in [6, 6.07) is 3.51. The maximum absolute atomic E-state index is 13.4. The van der Waals surface area contributed by atoms with E-state index in [0.717, 1.165) is 18.8 Å². The molecule has 0 saturated carbocycles. The fourth-order valence-electron chi connectivity index (χ4n) is 3.04.